The number of carbonyl (C=O) groups excluding carboxylic acids is 1. The third kappa shape index (κ3) is 2.73. The van der Waals surface area contributed by atoms with E-state index in [1.807, 2.05) is 6.92 Å². The van der Waals surface area contributed by atoms with Crippen molar-refractivity contribution in [1.29, 1.82) is 0 Å². The predicted molar refractivity (Wildman–Crippen MR) is 64.5 cm³/mol. The Morgan fingerprint density at radius 1 is 1.32 bits per heavy atom. The van der Waals surface area contributed by atoms with Gasteiger partial charge in [-0.05, 0) is 37.6 Å². The van der Waals surface area contributed by atoms with E-state index in [9.17, 15) is 18.0 Å². The van der Waals surface area contributed by atoms with Gasteiger partial charge < -0.3 is 10.6 Å². The molecule has 1 aliphatic heterocycles. The molecular formula is C13H15F3N2O. The maximum absolute atomic E-state index is 12.4. The van der Waals surface area contributed by atoms with Crippen LogP contribution in [-0.4, -0.2) is 29.4 Å². The molecule has 1 aromatic carbocycles. The molecule has 2 atom stereocenters. The Labute approximate surface area is 109 Å². The van der Waals surface area contributed by atoms with Crippen LogP contribution in [-0.2, 0) is 6.18 Å². The van der Waals surface area contributed by atoms with Crippen molar-refractivity contribution in [2.75, 3.05) is 6.54 Å². The number of nitrogens with zero attached hydrogens (tertiary/aromatic N) is 1. The number of halogens is 3. The van der Waals surface area contributed by atoms with Crippen LogP contribution in [0.15, 0.2) is 24.3 Å². The molecule has 0 spiro atoms. The van der Waals surface area contributed by atoms with Crippen LogP contribution in [0.3, 0.4) is 0 Å². The van der Waals surface area contributed by atoms with E-state index in [4.69, 9.17) is 5.73 Å². The summed E-state index contributed by atoms with van der Waals surface area (Å²) in [6.45, 7) is 2.39. The molecule has 2 rings (SSSR count). The molecule has 1 amide bonds. The van der Waals surface area contributed by atoms with Gasteiger partial charge in [0.25, 0.3) is 5.91 Å². The van der Waals surface area contributed by atoms with Gasteiger partial charge in [0.2, 0.25) is 0 Å². The fourth-order valence-electron chi connectivity index (χ4n) is 2.22. The average Bonchev–Trinajstić information content (AvgIpc) is 2.68. The van der Waals surface area contributed by atoms with E-state index in [2.05, 4.69) is 0 Å². The third-order valence-electron chi connectivity index (χ3n) is 3.53. The number of nitrogens with two attached hydrogens (primary N) is 1. The minimum absolute atomic E-state index is 0.0709. The number of amides is 1. The smallest absolute Gasteiger partial charge is 0.334 e. The number of alkyl halides is 3. The number of likely N-dealkylation sites (tertiary alicyclic amines) is 1. The molecular weight excluding hydrogens is 257 g/mol. The molecule has 2 N–H and O–H groups in total. The lowest BCUT2D eigenvalue weighted by Crippen LogP contribution is -2.40. The van der Waals surface area contributed by atoms with Crippen LogP contribution in [0, 0.1) is 0 Å². The van der Waals surface area contributed by atoms with Crippen molar-refractivity contribution in [2.45, 2.75) is 31.6 Å². The van der Waals surface area contributed by atoms with Crippen molar-refractivity contribution < 1.29 is 18.0 Å². The van der Waals surface area contributed by atoms with Crippen LogP contribution in [0.5, 0.6) is 0 Å². The van der Waals surface area contributed by atoms with Gasteiger partial charge in [0.15, 0.2) is 0 Å². The quantitative estimate of drug-likeness (QED) is 0.852. The number of carbonyl (C=O) groups is 1. The molecule has 3 nitrogen and oxygen atoms in total. The molecule has 6 heteroatoms. The topological polar surface area (TPSA) is 46.3 Å². The molecule has 1 heterocycles. The molecule has 1 saturated heterocycles. The molecule has 1 aliphatic rings. The Morgan fingerprint density at radius 3 is 2.32 bits per heavy atom. The lowest BCUT2D eigenvalue weighted by Gasteiger charge is -2.23. The maximum atomic E-state index is 12.4. The van der Waals surface area contributed by atoms with Gasteiger partial charge in [0.05, 0.1) is 5.56 Å². The summed E-state index contributed by atoms with van der Waals surface area (Å²) in [5.41, 5.74) is 5.33. The van der Waals surface area contributed by atoms with Gasteiger partial charge in [0.1, 0.15) is 0 Å². The summed E-state index contributed by atoms with van der Waals surface area (Å²) < 4.78 is 37.3. The fraction of sp³-hybridized carbons (Fsp3) is 0.462. The number of hydrogen-bond donors (Lipinski definition) is 1. The average molecular weight is 272 g/mol. The second kappa shape index (κ2) is 4.85. The van der Waals surface area contributed by atoms with E-state index in [1.165, 1.54) is 12.1 Å². The summed E-state index contributed by atoms with van der Waals surface area (Å²) in [6, 6.07) is 4.11. The number of benzene rings is 1. The zero-order valence-corrected chi connectivity index (χ0v) is 10.4. The van der Waals surface area contributed by atoms with Crippen molar-refractivity contribution in [1.82, 2.24) is 4.90 Å². The lowest BCUT2D eigenvalue weighted by atomic mass is 10.1. The first-order chi connectivity index (χ1) is 8.80. The molecule has 104 valence electrons. The van der Waals surface area contributed by atoms with Gasteiger partial charge in [-0.2, -0.15) is 13.2 Å². The Bertz CT molecular complexity index is 470. The first-order valence-corrected chi connectivity index (χ1v) is 6.04. The summed E-state index contributed by atoms with van der Waals surface area (Å²) in [5.74, 6) is -0.269. The van der Waals surface area contributed by atoms with Gasteiger partial charge in [-0.25, -0.2) is 0 Å². The normalized spacial score (nSPS) is 23.7. The van der Waals surface area contributed by atoms with Gasteiger partial charge in [-0.3, -0.25) is 4.79 Å². The van der Waals surface area contributed by atoms with Crippen LogP contribution in [0.25, 0.3) is 0 Å². The monoisotopic (exact) mass is 272 g/mol. The summed E-state index contributed by atoms with van der Waals surface area (Å²) in [6.07, 6.45) is -3.67. The van der Waals surface area contributed by atoms with E-state index >= 15 is 0 Å². The fourth-order valence-corrected chi connectivity index (χ4v) is 2.22. The highest BCUT2D eigenvalue weighted by molar-refractivity contribution is 5.94. The SMILES string of the molecule is CC1C(N)CCN1C(=O)c1ccc(C(F)(F)F)cc1. The Balaban J connectivity index is 2.17. The second-order valence-electron chi connectivity index (χ2n) is 4.77. The molecule has 2 unspecified atom stereocenters. The summed E-state index contributed by atoms with van der Waals surface area (Å²) in [4.78, 5) is 13.8. The summed E-state index contributed by atoms with van der Waals surface area (Å²) >= 11 is 0. The maximum Gasteiger partial charge on any atom is 0.416 e. The molecule has 0 bridgehead atoms. The highest BCUT2D eigenvalue weighted by atomic mass is 19.4. The van der Waals surface area contributed by atoms with Crippen LogP contribution in [0.1, 0.15) is 29.3 Å². The zero-order chi connectivity index (χ0) is 14.2. The van der Waals surface area contributed by atoms with Crippen LogP contribution in [0.4, 0.5) is 13.2 Å². The molecule has 19 heavy (non-hydrogen) atoms. The first kappa shape index (κ1) is 13.9. The molecule has 0 aliphatic carbocycles. The second-order valence-corrected chi connectivity index (χ2v) is 4.77. The van der Waals surface area contributed by atoms with Crippen molar-refractivity contribution >= 4 is 5.91 Å². The summed E-state index contributed by atoms with van der Waals surface area (Å²) in [5, 5.41) is 0. The molecule has 0 saturated carbocycles. The lowest BCUT2D eigenvalue weighted by molar-refractivity contribution is -0.137. The number of hydrogen-bond acceptors (Lipinski definition) is 2. The van der Waals surface area contributed by atoms with Crippen molar-refractivity contribution in [2.24, 2.45) is 5.73 Å². The number of rotatable bonds is 1. The van der Waals surface area contributed by atoms with E-state index in [1.54, 1.807) is 4.90 Å². The Hall–Kier alpha value is -1.56. The van der Waals surface area contributed by atoms with Crippen LogP contribution in [0.2, 0.25) is 0 Å². The van der Waals surface area contributed by atoms with Crippen molar-refractivity contribution in [3.63, 3.8) is 0 Å². The minimum atomic E-state index is -4.38. The third-order valence-corrected chi connectivity index (χ3v) is 3.53. The van der Waals surface area contributed by atoms with Gasteiger partial charge in [0, 0.05) is 24.2 Å². The molecule has 0 radical (unpaired) electrons. The van der Waals surface area contributed by atoms with Crippen molar-refractivity contribution in [3.05, 3.63) is 35.4 Å². The largest absolute Gasteiger partial charge is 0.416 e. The van der Waals surface area contributed by atoms with Gasteiger partial charge in [-0.1, -0.05) is 0 Å². The van der Waals surface area contributed by atoms with E-state index in [0.717, 1.165) is 12.1 Å². The van der Waals surface area contributed by atoms with Gasteiger partial charge >= 0.3 is 6.18 Å². The highest BCUT2D eigenvalue weighted by Gasteiger charge is 2.33. The Kier molecular flexibility index (Phi) is 3.54. The molecule has 1 fully saturated rings. The summed E-state index contributed by atoms with van der Waals surface area (Å²) in [7, 11) is 0. The zero-order valence-electron chi connectivity index (χ0n) is 10.4. The van der Waals surface area contributed by atoms with E-state index < -0.39 is 11.7 Å². The minimum Gasteiger partial charge on any atom is -0.334 e. The molecule has 1 aromatic rings. The first-order valence-electron chi connectivity index (χ1n) is 6.04. The highest BCUT2D eigenvalue weighted by Crippen LogP contribution is 2.29. The Morgan fingerprint density at radius 2 is 1.89 bits per heavy atom. The standard InChI is InChI=1S/C13H15F3N2O/c1-8-11(17)6-7-18(8)12(19)9-2-4-10(5-3-9)13(14,15)16/h2-5,8,11H,6-7,17H2,1H3. The van der Waals surface area contributed by atoms with Crippen molar-refractivity contribution in [3.8, 4) is 0 Å². The van der Waals surface area contributed by atoms with E-state index in [0.29, 0.717) is 13.0 Å². The molecule has 0 aromatic heterocycles. The van der Waals surface area contributed by atoms with Crippen LogP contribution < -0.4 is 5.73 Å². The predicted octanol–water partition coefficient (Wildman–Crippen LogP) is 2.27. The van der Waals surface area contributed by atoms with Crippen LogP contribution >= 0.6 is 0 Å². The van der Waals surface area contributed by atoms with Gasteiger partial charge in [-0.15, -0.1) is 0 Å². The van der Waals surface area contributed by atoms with E-state index in [-0.39, 0.29) is 23.6 Å².